The number of benzene rings is 7. The zero-order valence-electron chi connectivity index (χ0n) is 24.4. The van der Waals surface area contributed by atoms with E-state index in [1.165, 1.54) is 11.1 Å². The highest BCUT2D eigenvalue weighted by molar-refractivity contribution is 6.27. The van der Waals surface area contributed by atoms with Gasteiger partial charge in [-0.05, 0) is 71.3 Å². The van der Waals surface area contributed by atoms with Crippen molar-refractivity contribution < 1.29 is 8.83 Å². The van der Waals surface area contributed by atoms with Crippen LogP contribution < -0.4 is 4.90 Å². The fourth-order valence-corrected chi connectivity index (χ4v) is 6.64. The maximum Gasteiger partial charge on any atom is 0.145 e. The molecule has 45 heavy (non-hydrogen) atoms. The van der Waals surface area contributed by atoms with Crippen LogP contribution in [0.1, 0.15) is 0 Å². The van der Waals surface area contributed by atoms with E-state index in [-0.39, 0.29) is 0 Å². The van der Waals surface area contributed by atoms with E-state index in [1.54, 1.807) is 0 Å². The Kier molecular flexibility index (Phi) is 5.82. The lowest BCUT2D eigenvalue weighted by Gasteiger charge is -2.28. The van der Waals surface area contributed by atoms with Gasteiger partial charge in [-0.1, -0.05) is 109 Å². The molecule has 0 bridgehead atoms. The highest BCUT2D eigenvalue weighted by atomic mass is 16.3. The molecule has 0 fully saturated rings. The van der Waals surface area contributed by atoms with E-state index in [0.29, 0.717) is 0 Å². The molecule has 0 amide bonds. The Balaban J connectivity index is 1.33. The van der Waals surface area contributed by atoms with Crippen molar-refractivity contribution >= 4 is 60.9 Å². The van der Waals surface area contributed by atoms with Crippen LogP contribution in [0, 0.1) is 0 Å². The van der Waals surface area contributed by atoms with Crippen molar-refractivity contribution in [3.63, 3.8) is 0 Å². The Hall–Kier alpha value is -6.06. The number of para-hydroxylation sites is 2. The Morgan fingerprint density at radius 1 is 0.356 bits per heavy atom. The van der Waals surface area contributed by atoms with Gasteiger partial charge in [-0.25, -0.2) is 0 Å². The summed E-state index contributed by atoms with van der Waals surface area (Å²) >= 11 is 0. The summed E-state index contributed by atoms with van der Waals surface area (Å²) in [5.74, 6) is 0. The highest BCUT2D eigenvalue weighted by Gasteiger charge is 2.24. The minimum atomic E-state index is 0.844. The number of hydrogen-bond acceptors (Lipinski definition) is 3. The molecule has 3 nitrogen and oxygen atoms in total. The molecule has 9 aromatic rings. The van der Waals surface area contributed by atoms with Crippen LogP contribution in [0.4, 0.5) is 17.1 Å². The molecule has 0 saturated heterocycles. The molecule has 0 aliphatic heterocycles. The van der Waals surface area contributed by atoms with Gasteiger partial charge in [-0.15, -0.1) is 0 Å². The Morgan fingerprint density at radius 3 is 1.64 bits per heavy atom. The van der Waals surface area contributed by atoms with Crippen molar-refractivity contribution in [2.24, 2.45) is 0 Å². The van der Waals surface area contributed by atoms with E-state index >= 15 is 0 Å². The fourth-order valence-electron chi connectivity index (χ4n) is 6.64. The lowest BCUT2D eigenvalue weighted by atomic mass is 9.97. The van der Waals surface area contributed by atoms with Crippen LogP contribution in [-0.4, -0.2) is 0 Å². The van der Waals surface area contributed by atoms with Gasteiger partial charge < -0.3 is 13.7 Å². The largest absolute Gasteiger partial charge is 0.456 e. The first-order valence-corrected chi connectivity index (χ1v) is 15.2. The summed E-state index contributed by atoms with van der Waals surface area (Å²) in [5, 5.41) is 4.33. The molecule has 0 unspecified atom stereocenters. The Bertz CT molecular complexity index is 2460. The molecule has 0 atom stereocenters. The van der Waals surface area contributed by atoms with Crippen LogP contribution in [0.15, 0.2) is 173 Å². The van der Waals surface area contributed by atoms with E-state index in [4.69, 9.17) is 8.83 Å². The van der Waals surface area contributed by atoms with E-state index in [2.05, 4.69) is 138 Å². The monoisotopic (exact) mass is 577 g/mol. The molecule has 3 heteroatoms. The van der Waals surface area contributed by atoms with Crippen molar-refractivity contribution in [1.29, 1.82) is 0 Å². The number of furan rings is 2. The quantitative estimate of drug-likeness (QED) is 0.204. The number of rotatable bonds is 5. The van der Waals surface area contributed by atoms with Crippen molar-refractivity contribution in [3.8, 4) is 22.3 Å². The first kappa shape index (κ1) is 25.4. The van der Waals surface area contributed by atoms with Gasteiger partial charge >= 0.3 is 0 Å². The number of fused-ring (bicyclic) bond motifs is 7. The molecule has 0 spiro atoms. The normalized spacial score (nSPS) is 11.6. The number of nitrogens with zero attached hydrogens (tertiary/aromatic N) is 1. The molecule has 2 heterocycles. The van der Waals surface area contributed by atoms with Crippen molar-refractivity contribution in [2.45, 2.75) is 0 Å². The molecule has 0 saturated carbocycles. The molecular formula is C42H27NO2. The van der Waals surface area contributed by atoms with Gasteiger partial charge in [0.15, 0.2) is 0 Å². The molecule has 0 aliphatic rings. The average molecular weight is 578 g/mol. The predicted octanol–water partition coefficient (Wildman–Crippen LogP) is 12.3. The topological polar surface area (TPSA) is 29.5 Å². The minimum Gasteiger partial charge on any atom is -0.456 e. The maximum atomic E-state index is 6.84. The lowest BCUT2D eigenvalue weighted by Crippen LogP contribution is -2.11. The van der Waals surface area contributed by atoms with Crippen molar-refractivity contribution in [3.05, 3.63) is 164 Å². The molecule has 0 aliphatic carbocycles. The van der Waals surface area contributed by atoms with E-state index in [1.807, 2.05) is 30.3 Å². The summed E-state index contributed by atoms with van der Waals surface area (Å²) in [6, 6.07) is 57.1. The molecule has 7 aromatic carbocycles. The van der Waals surface area contributed by atoms with Crippen LogP contribution >= 0.6 is 0 Å². The zero-order valence-corrected chi connectivity index (χ0v) is 24.4. The fraction of sp³-hybridized carbons (Fsp3) is 0. The first-order valence-electron chi connectivity index (χ1n) is 15.2. The molecule has 0 radical (unpaired) electrons. The van der Waals surface area contributed by atoms with E-state index in [9.17, 15) is 0 Å². The van der Waals surface area contributed by atoms with Crippen LogP contribution in [0.5, 0.6) is 0 Å². The predicted molar refractivity (Wildman–Crippen MR) is 187 cm³/mol. The van der Waals surface area contributed by atoms with Crippen LogP contribution in [0.3, 0.4) is 0 Å². The van der Waals surface area contributed by atoms with Crippen LogP contribution in [0.2, 0.25) is 0 Å². The van der Waals surface area contributed by atoms with Gasteiger partial charge in [0.05, 0.1) is 5.69 Å². The van der Waals surface area contributed by atoms with Crippen molar-refractivity contribution in [1.82, 2.24) is 0 Å². The summed E-state index contributed by atoms with van der Waals surface area (Å²) in [5.41, 5.74) is 11.1. The summed E-state index contributed by atoms with van der Waals surface area (Å²) in [6.07, 6.45) is 0. The summed E-state index contributed by atoms with van der Waals surface area (Å²) < 4.78 is 13.1. The number of anilines is 3. The molecule has 0 N–H and O–H groups in total. The van der Waals surface area contributed by atoms with Gasteiger partial charge in [0.2, 0.25) is 0 Å². The third-order valence-corrected chi connectivity index (χ3v) is 8.67. The Labute approximate surface area is 260 Å². The lowest BCUT2D eigenvalue weighted by molar-refractivity contribution is 0.663. The Morgan fingerprint density at radius 2 is 0.911 bits per heavy atom. The third-order valence-electron chi connectivity index (χ3n) is 8.67. The van der Waals surface area contributed by atoms with E-state index < -0.39 is 0 Å². The second-order valence-electron chi connectivity index (χ2n) is 11.3. The van der Waals surface area contributed by atoms with Crippen LogP contribution in [0.25, 0.3) is 66.1 Å². The average Bonchev–Trinajstić information content (AvgIpc) is 3.68. The SMILES string of the molecule is c1ccc(-c2ccc(N(c3ccccc3)c3ccc4c(oc5ccc6oc7ccccc7c6c54)c3-c3ccccc3)cc2)cc1. The summed E-state index contributed by atoms with van der Waals surface area (Å²) in [6.45, 7) is 0. The second kappa shape index (κ2) is 10.3. The maximum absolute atomic E-state index is 6.84. The summed E-state index contributed by atoms with van der Waals surface area (Å²) in [4.78, 5) is 2.33. The standard InChI is InChI=1S/C42H27NO2/c1-4-12-28(13-5-1)29-20-22-32(23-21-29)43(31-16-8-3-9-17-31)35-25-24-34-41-38(45-42(34)39(35)30-14-6-2-7-15-30)27-26-37-40(41)33-18-10-11-19-36(33)44-37/h1-27H. The zero-order chi connectivity index (χ0) is 29.7. The van der Waals surface area contributed by atoms with Crippen LogP contribution in [-0.2, 0) is 0 Å². The minimum absolute atomic E-state index is 0.844. The first-order chi connectivity index (χ1) is 22.3. The second-order valence-corrected chi connectivity index (χ2v) is 11.3. The highest BCUT2D eigenvalue weighted by Crippen LogP contribution is 2.48. The van der Waals surface area contributed by atoms with Gasteiger partial charge in [0.25, 0.3) is 0 Å². The van der Waals surface area contributed by atoms with Gasteiger partial charge in [0.1, 0.15) is 22.3 Å². The molecule has 9 rings (SSSR count). The molecule has 2 aromatic heterocycles. The third kappa shape index (κ3) is 4.13. The van der Waals surface area contributed by atoms with Crippen molar-refractivity contribution in [2.75, 3.05) is 4.90 Å². The van der Waals surface area contributed by atoms with Gasteiger partial charge in [0, 0.05) is 38.5 Å². The summed E-state index contributed by atoms with van der Waals surface area (Å²) in [7, 11) is 0. The molecular weight excluding hydrogens is 550 g/mol. The number of hydrogen-bond donors (Lipinski definition) is 0. The smallest absolute Gasteiger partial charge is 0.145 e. The van der Waals surface area contributed by atoms with E-state index in [0.717, 1.165) is 72.1 Å². The van der Waals surface area contributed by atoms with Gasteiger partial charge in [-0.3, -0.25) is 0 Å². The van der Waals surface area contributed by atoms with Gasteiger partial charge in [-0.2, -0.15) is 0 Å². The molecule has 212 valence electrons.